The number of aromatic nitrogens is 3. The number of sulfonamides is 1. The summed E-state index contributed by atoms with van der Waals surface area (Å²) in [6.45, 7) is 4.76. The van der Waals surface area contributed by atoms with E-state index in [-0.39, 0.29) is 21.8 Å². The highest BCUT2D eigenvalue weighted by Gasteiger charge is 2.37. The van der Waals surface area contributed by atoms with Crippen LogP contribution in [0.2, 0.25) is 0 Å². The Balaban J connectivity index is 1.78. The highest BCUT2D eigenvalue weighted by atomic mass is 79.9. The smallest absolute Gasteiger partial charge is 0.324 e. The summed E-state index contributed by atoms with van der Waals surface area (Å²) < 4.78 is 49.2. The molecule has 0 radical (unpaired) electrons. The molecule has 11 heteroatoms. The Morgan fingerprint density at radius 1 is 1.28 bits per heavy atom. The predicted octanol–water partition coefficient (Wildman–Crippen LogP) is 4.97. The van der Waals surface area contributed by atoms with Crippen LogP contribution >= 0.6 is 15.9 Å². The molecule has 3 rings (SSSR count). The monoisotopic (exact) mass is 586 g/mol. The van der Waals surface area contributed by atoms with Crippen molar-refractivity contribution in [1.29, 1.82) is 0 Å². The number of benzene rings is 1. The Labute approximate surface area is 221 Å². The van der Waals surface area contributed by atoms with Gasteiger partial charge in [0.2, 0.25) is 10.0 Å². The lowest BCUT2D eigenvalue weighted by Gasteiger charge is -2.30. The fraction of sp³-hybridized carbons (Fsp3) is 0.640. The van der Waals surface area contributed by atoms with Gasteiger partial charge in [-0.25, -0.2) is 12.8 Å². The molecule has 1 aromatic carbocycles. The average Bonchev–Trinajstić information content (AvgIpc) is 3.27. The van der Waals surface area contributed by atoms with Gasteiger partial charge in [-0.2, -0.15) is 4.31 Å². The molecule has 200 valence electrons. The number of hydrogen-bond acceptors (Lipinski definition) is 6. The van der Waals surface area contributed by atoms with Crippen LogP contribution in [-0.2, 0) is 32.5 Å². The van der Waals surface area contributed by atoms with E-state index in [9.17, 15) is 17.6 Å². The number of hydrogen-bond donors (Lipinski definition) is 0. The molecule has 1 fully saturated rings. The van der Waals surface area contributed by atoms with Gasteiger partial charge >= 0.3 is 5.97 Å². The van der Waals surface area contributed by atoms with Gasteiger partial charge in [-0.15, -0.1) is 5.10 Å². The highest BCUT2D eigenvalue weighted by Crippen LogP contribution is 2.29. The zero-order chi connectivity index (χ0) is 26.3. The summed E-state index contributed by atoms with van der Waals surface area (Å²) in [5, 5.41) is 8.53. The van der Waals surface area contributed by atoms with Crippen molar-refractivity contribution >= 4 is 31.9 Å². The minimum absolute atomic E-state index is 0.0446. The largest absolute Gasteiger partial charge is 0.468 e. The third kappa shape index (κ3) is 7.58. The van der Waals surface area contributed by atoms with Crippen molar-refractivity contribution in [2.45, 2.75) is 82.7 Å². The SMILES string of the molecule is COC(=O)[C@H](CC(C)C)N(CCCc1cn(CC2CCCCC2)nn1)S(=O)(=O)c1ccc(F)cc1Br. The van der Waals surface area contributed by atoms with Crippen molar-refractivity contribution in [2.24, 2.45) is 11.8 Å². The number of methoxy groups -OCH3 is 1. The summed E-state index contributed by atoms with van der Waals surface area (Å²) in [6, 6.07) is 2.41. The molecule has 36 heavy (non-hydrogen) atoms. The van der Waals surface area contributed by atoms with E-state index in [4.69, 9.17) is 4.74 Å². The number of carbonyl (C=O) groups excluding carboxylic acids is 1. The van der Waals surface area contributed by atoms with E-state index in [1.807, 2.05) is 24.7 Å². The first-order valence-corrected chi connectivity index (χ1v) is 14.8. The third-order valence-electron chi connectivity index (χ3n) is 6.56. The zero-order valence-electron chi connectivity index (χ0n) is 21.2. The Bertz CT molecular complexity index is 1120. The van der Waals surface area contributed by atoms with Crippen molar-refractivity contribution < 1.29 is 22.3 Å². The Morgan fingerprint density at radius 3 is 2.64 bits per heavy atom. The van der Waals surface area contributed by atoms with E-state index in [2.05, 4.69) is 26.2 Å². The molecule has 0 N–H and O–H groups in total. The molecule has 0 unspecified atom stereocenters. The van der Waals surface area contributed by atoms with Gasteiger partial charge in [0.05, 0.1) is 17.7 Å². The quantitative estimate of drug-likeness (QED) is 0.326. The van der Waals surface area contributed by atoms with Gasteiger partial charge in [0.1, 0.15) is 11.9 Å². The van der Waals surface area contributed by atoms with Crippen LogP contribution in [0.25, 0.3) is 0 Å². The van der Waals surface area contributed by atoms with Crippen LogP contribution in [0.3, 0.4) is 0 Å². The number of esters is 1. The van der Waals surface area contributed by atoms with Gasteiger partial charge < -0.3 is 4.74 Å². The minimum atomic E-state index is -4.14. The number of aryl methyl sites for hydroxylation is 1. The minimum Gasteiger partial charge on any atom is -0.468 e. The van der Waals surface area contributed by atoms with Crippen molar-refractivity contribution in [3.63, 3.8) is 0 Å². The normalized spacial score (nSPS) is 16.0. The Morgan fingerprint density at radius 2 is 2.00 bits per heavy atom. The van der Waals surface area contributed by atoms with Crippen LogP contribution in [-0.4, -0.2) is 53.4 Å². The predicted molar refractivity (Wildman–Crippen MR) is 138 cm³/mol. The van der Waals surface area contributed by atoms with Crippen LogP contribution in [0, 0.1) is 17.7 Å². The maximum absolute atomic E-state index is 13.7. The summed E-state index contributed by atoms with van der Waals surface area (Å²) >= 11 is 3.17. The van der Waals surface area contributed by atoms with E-state index < -0.39 is 27.9 Å². The van der Waals surface area contributed by atoms with Gasteiger partial charge in [-0.1, -0.05) is 38.3 Å². The molecule has 1 heterocycles. The fourth-order valence-corrected chi connectivity index (χ4v) is 7.40. The second kappa shape index (κ2) is 13.1. The molecular weight excluding hydrogens is 551 g/mol. The third-order valence-corrected chi connectivity index (χ3v) is 9.45. The van der Waals surface area contributed by atoms with Crippen molar-refractivity contribution in [1.82, 2.24) is 19.3 Å². The summed E-state index contributed by atoms with van der Waals surface area (Å²) in [4.78, 5) is 12.6. The molecule has 0 amide bonds. The molecule has 2 aromatic rings. The second-order valence-electron chi connectivity index (χ2n) is 9.90. The first-order valence-electron chi connectivity index (χ1n) is 12.6. The van der Waals surface area contributed by atoms with Gasteiger partial charge in [0, 0.05) is 23.8 Å². The fourth-order valence-electron chi connectivity index (χ4n) is 4.76. The Kier molecular flexibility index (Phi) is 10.4. The summed E-state index contributed by atoms with van der Waals surface area (Å²) in [5.74, 6) is -0.512. The summed E-state index contributed by atoms with van der Waals surface area (Å²) in [7, 11) is -2.89. The molecular formula is C25H36BrFN4O4S. The lowest BCUT2D eigenvalue weighted by atomic mass is 9.89. The summed E-state index contributed by atoms with van der Waals surface area (Å²) in [5.41, 5.74) is 0.782. The maximum atomic E-state index is 13.7. The number of halogens is 2. The molecule has 8 nitrogen and oxygen atoms in total. The standard InChI is InChI=1S/C25H36BrFN4O4S/c1-18(2)14-23(25(32)35-3)31(36(33,34)24-12-11-20(27)15-22(24)26)13-7-10-21-17-30(29-28-21)16-19-8-5-4-6-9-19/h11-12,15,17-19,23H,4-10,13-14,16H2,1-3H3/t23-/m0/s1. The molecule has 1 aromatic heterocycles. The molecule has 0 saturated heterocycles. The van der Waals surface area contributed by atoms with Crippen LogP contribution in [0.5, 0.6) is 0 Å². The highest BCUT2D eigenvalue weighted by molar-refractivity contribution is 9.10. The van der Waals surface area contributed by atoms with Crippen LogP contribution in [0.4, 0.5) is 4.39 Å². The van der Waals surface area contributed by atoms with Crippen LogP contribution in [0.15, 0.2) is 33.8 Å². The topological polar surface area (TPSA) is 94.4 Å². The lowest BCUT2D eigenvalue weighted by Crippen LogP contribution is -2.47. The van der Waals surface area contributed by atoms with E-state index >= 15 is 0 Å². The molecule has 1 aliphatic carbocycles. The van der Waals surface area contributed by atoms with Crippen molar-refractivity contribution in [2.75, 3.05) is 13.7 Å². The number of rotatable bonds is 12. The molecule has 0 spiro atoms. The number of nitrogens with zero attached hydrogens (tertiary/aromatic N) is 4. The molecule has 1 aliphatic rings. The Hall–Kier alpha value is -1.85. The molecule has 0 aliphatic heterocycles. The second-order valence-corrected chi connectivity index (χ2v) is 12.6. The average molecular weight is 588 g/mol. The molecule has 0 bridgehead atoms. The first kappa shape index (κ1) is 28.7. The van der Waals surface area contributed by atoms with E-state index in [0.717, 1.165) is 24.4 Å². The van der Waals surface area contributed by atoms with E-state index in [1.54, 1.807) is 0 Å². The lowest BCUT2D eigenvalue weighted by molar-refractivity contribution is -0.145. The van der Waals surface area contributed by atoms with Crippen molar-refractivity contribution in [3.05, 3.63) is 40.4 Å². The summed E-state index contributed by atoms with van der Waals surface area (Å²) in [6.07, 6.45) is 9.42. The number of carbonyl (C=O) groups is 1. The first-order chi connectivity index (χ1) is 17.1. The van der Waals surface area contributed by atoms with Crippen molar-refractivity contribution in [3.8, 4) is 0 Å². The van der Waals surface area contributed by atoms with Crippen LogP contribution in [0.1, 0.15) is 64.5 Å². The zero-order valence-corrected chi connectivity index (χ0v) is 23.6. The van der Waals surface area contributed by atoms with Gasteiger partial charge in [0.15, 0.2) is 0 Å². The maximum Gasteiger partial charge on any atom is 0.324 e. The van der Waals surface area contributed by atoms with E-state index in [1.165, 1.54) is 49.6 Å². The van der Waals surface area contributed by atoms with Crippen LogP contribution < -0.4 is 0 Å². The molecule has 1 saturated carbocycles. The number of ether oxygens (including phenoxy) is 1. The van der Waals surface area contributed by atoms with Gasteiger partial charge in [-0.3, -0.25) is 9.48 Å². The van der Waals surface area contributed by atoms with E-state index in [0.29, 0.717) is 25.2 Å². The molecule has 1 atom stereocenters. The van der Waals surface area contributed by atoms with Gasteiger partial charge in [0.25, 0.3) is 0 Å². The van der Waals surface area contributed by atoms with Gasteiger partial charge in [-0.05, 0) is 78.1 Å².